The van der Waals surface area contributed by atoms with E-state index in [1.54, 1.807) is 0 Å². The lowest BCUT2D eigenvalue weighted by Gasteiger charge is -1.98. The number of benzene rings is 1. The largest absolute Gasteiger partial charge is 0.370 e. The summed E-state index contributed by atoms with van der Waals surface area (Å²) >= 11 is 0. The van der Waals surface area contributed by atoms with Gasteiger partial charge in [0.15, 0.2) is 0 Å². The summed E-state index contributed by atoms with van der Waals surface area (Å²) in [5.74, 6) is -0.193. The summed E-state index contributed by atoms with van der Waals surface area (Å²) in [7, 11) is 0. The van der Waals surface area contributed by atoms with Gasteiger partial charge in [-0.3, -0.25) is 4.79 Å². The van der Waals surface area contributed by atoms with E-state index in [0.717, 1.165) is 32.1 Å². The fraction of sp³-hybridized carbons (Fsp3) is 0.438. The molecule has 0 heterocycles. The third-order valence-electron chi connectivity index (χ3n) is 2.89. The topological polar surface area (TPSA) is 43.1 Å². The average molecular weight is 245 g/mol. The minimum absolute atomic E-state index is 0.193. The SMILES string of the molecule is NC(=O)CCCC/C=C/CCCc1ccccc1. The third kappa shape index (κ3) is 7.66. The Morgan fingerprint density at radius 3 is 2.33 bits per heavy atom. The van der Waals surface area contributed by atoms with Crippen LogP contribution in [0.2, 0.25) is 0 Å². The van der Waals surface area contributed by atoms with Crippen LogP contribution < -0.4 is 5.73 Å². The Labute approximate surface area is 110 Å². The van der Waals surface area contributed by atoms with Gasteiger partial charge in [-0.15, -0.1) is 0 Å². The van der Waals surface area contributed by atoms with E-state index in [9.17, 15) is 4.79 Å². The van der Waals surface area contributed by atoms with Crippen LogP contribution in [0.15, 0.2) is 42.5 Å². The molecule has 1 aromatic rings. The Bertz CT molecular complexity index is 357. The number of hydrogen-bond donors (Lipinski definition) is 1. The molecule has 0 unspecified atom stereocenters. The van der Waals surface area contributed by atoms with Crippen molar-refractivity contribution in [2.24, 2.45) is 5.73 Å². The lowest BCUT2D eigenvalue weighted by Crippen LogP contribution is -2.09. The van der Waals surface area contributed by atoms with Gasteiger partial charge in [0.2, 0.25) is 5.91 Å². The van der Waals surface area contributed by atoms with Gasteiger partial charge in [0.25, 0.3) is 0 Å². The Hall–Kier alpha value is -1.57. The Balaban J connectivity index is 1.96. The zero-order valence-corrected chi connectivity index (χ0v) is 11.0. The van der Waals surface area contributed by atoms with Gasteiger partial charge in [-0.2, -0.15) is 0 Å². The molecule has 0 spiro atoms. The molecule has 0 fully saturated rings. The van der Waals surface area contributed by atoms with Crippen molar-refractivity contribution in [3.05, 3.63) is 48.0 Å². The maximum Gasteiger partial charge on any atom is 0.217 e. The first-order chi connectivity index (χ1) is 8.79. The summed E-state index contributed by atoms with van der Waals surface area (Å²) in [5, 5.41) is 0. The minimum atomic E-state index is -0.193. The highest BCUT2D eigenvalue weighted by molar-refractivity contribution is 5.73. The molecule has 2 N–H and O–H groups in total. The molecular weight excluding hydrogens is 222 g/mol. The highest BCUT2D eigenvalue weighted by Crippen LogP contribution is 2.06. The van der Waals surface area contributed by atoms with Crippen LogP contribution in [0.4, 0.5) is 0 Å². The van der Waals surface area contributed by atoms with E-state index in [0.29, 0.717) is 6.42 Å². The van der Waals surface area contributed by atoms with E-state index in [-0.39, 0.29) is 5.91 Å². The molecule has 0 aliphatic carbocycles. The van der Waals surface area contributed by atoms with Crippen molar-refractivity contribution in [3.8, 4) is 0 Å². The van der Waals surface area contributed by atoms with Crippen LogP contribution >= 0.6 is 0 Å². The smallest absolute Gasteiger partial charge is 0.217 e. The summed E-state index contributed by atoms with van der Waals surface area (Å²) < 4.78 is 0. The van der Waals surface area contributed by atoms with Gasteiger partial charge in [0, 0.05) is 6.42 Å². The molecule has 1 amide bonds. The Morgan fingerprint density at radius 2 is 1.67 bits per heavy atom. The van der Waals surface area contributed by atoms with Gasteiger partial charge in [0.1, 0.15) is 0 Å². The normalized spacial score (nSPS) is 10.9. The molecule has 1 rings (SSSR count). The van der Waals surface area contributed by atoms with Crippen LogP contribution in [0.25, 0.3) is 0 Å². The lowest BCUT2D eigenvalue weighted by molar-refractivity contribution is -0.118. The van der Waals surface area contributed by atoms with Crippen molar-refractivity contribution in [2.75, 3.05) is 0 Å². The molecule has 0 bridgehead atoms. The van der Waals surface area contributed by atoms with E-state index in [2.05, 4.69) is 42.5 Å². The Kier molecular flexibility index (Phi) is 7.61. The maximum atomic E-state index is 10.5. The van der Waals surface area contributed by atoms with Crippen LogP contribution in [0.3, 0.4) is 0 Å². The number of unbranched alkanes of at least 4 members (excludes halogenated alkanes) is 3. The van der Waals surface area contributed by atoms with E-state index >= 15 is 0 Å². The molecule has 1 aromatic carbocycles. The van der Waals surface area contributed by atoms with Gasteiger partial charge < -0.3 is 5.73 Å². The first kappa shape index (κ1) is 14.5. The lowest BCUT2D eigenvalue weighted by atomic mass is 10.1. The average Bonchev–Trinajstić information content (AvgIpc) is 2.37. The fourth-order valence-corrected chi connectivity index (χ4v) is 1.87. The van der Waals surface area contributed by atoms with Crippen LogP contribution in [0.5, 0.6) is 0 Å². The van der Waals surface area contributed by atoms with E-state index in [4.69, 9.17) is 5.73 Å². The molecular formula is C16H23NO. The first-order valence-corrected chi connectivity index (χ1v) is 6.76. The van der Waals surface area contributed by atoms with Gasteiger partial charge in [-0.25, -0.2) is 0 Å². The predicted molar refractivity (Wildman–Crippen MR) is 76.2 cm³/mol. The molecule has 18 heavy (non-hydrogen) atoms. The van der Waals surface area contributed by atoms with Crippen LogP contribution in [0, 0.1) is 0 Å². The number of aryl methyl sites for hydroxylation is 1. The van der Waals surface area contributed by atoms with E-state index < -0.39 is 0 Å². The van der Waals surface area contributed by atoms with Gasteiger partial charge in [-0.05, 0) is 44.1 Å². The summed E-state index contributed by atoms with van der Waals surface area (Å²) in [6, 6.07) is 10.6. The van der Waals surface area contributed by atoms with Crippen molar-refractivity contribution in [2.45, 2.75) is 44.9 Å². The number of carbonyl (C=O) groups is 1. The van der Waals surface area contributed by atoms with E-state index in [1.165, 1.54) is 12.0 Å². The molecule has 0 aliphatic rings. The van der Waals surface area contributed by atoms with Gasteiger partial charge in [-0.1, -0.05) is 42.5 Å². The van der Waals surface area contributed by atoms with Crippen molar-refractivity contribution in [3.63, 3.8) is 0 Å². The minimum Gasteiger partial charge on any atom is -0.370 e. The first-order valence-electron chi connectivity index (χ1n) is 6.76. The van der Waals surface area contributed by atoms with Crippen LogP contribution in [-0.2, 0) is 11.2 Å². The summed E-state index contributed by atoms with van der Waals surface area (Å²) in [6.45, 7) is 0. The molecule has 0 saturated carbocycles. The number of nitrogens with two attached hydrogens (primary N) is 1. The molecule has 0 atom stereocenters. The predicted octanol–water partition coefficient (Wildman–Crippen LogP) is 3.61. The molecule has 98 valence electrons. The fourth-order valence-electron chi connectivity index (χ4n) is 1.87. The number of carbonyl (C=O) groups excluding carboxylic acids is 1. The van der Waals surface area contributed by atoms with Crippen molar-refractivity contribution in [1.82, 2.24) is 0 Å². The number of primary amides is 1. The highest BCUT2D eigenvalue weighted by atomic mass is 16.1. The second-order valence-corrected chi connectivity index (χ2v) is 4.56. The zero-order valence-electron chi connectivity index (χ0n) is 11.0. The second kappa shape index (κ2) is 9.46. The maximum absolute atomic E-state index is 10.5. The van der Waals surface area contributed by atoms with Gasteiger partial charge >= 0.3 is 0 Å². The summed E-state index contributed by atoms with van der Waals surface area (Å²) in [6.07, 6.45) is 11.5. The molecule has 0 radical (unpaired) electrons. The summed E-state index contributed by atoms with van der Waals surface area (Å²) in [4.78, 5) is 10.5. The standard InChI is InChI=1S/C16H23NO/c17-16(18)14-10-5-3-1-2-4-7-11-15-12-8-6-9-13-15/h1-2,6,8-9,12-13H,3-5,7,10-11,14H2,(H2,17,18)/b2-1+. The van der Waals surface area contributed by atoms with Crippen molar-refractivity contribution < 1.29 is 4.79 Å². The Morgan fingerprint density at radius 1 is 1.00 bits per heavy atom. The van der Waals surface area contributed by atoms with Gasteiger partial charge in [0.05, 0.1) is 0 Å². The molecule has 0 aromatic heterocycles. The number of amides is 1. The molecule has 0 aliphatic heterocycles. The van der Waals surface area contributed by atoms with E-state index in [1.807, 2.05) is 0 Å². The highest BCUT2D eigenvalue weighted by Gasteiger charge is 1.92. The quantitative estimate of drug-likeness (QED) is 0.524. The van der Waals surface area contributed by atoms with Crippen LogP contribution in [0.1, 0.15) is 44.1 Å². The van der Waals surface area contributed by atoms with Crippen LogP contribution in [-0.4, -0.2) is 5.91 Å². The monoisotopic (exact) mass is 245 g/mol. The molecule has 2 heteroatoms. The zero-order chi connectivity index (χ0) is 13.1. The van der Waals surface area contributed by atoms with Crippen molar-refractivity contribution >= 4 is 5.91 Å². The number of rotatable bonds is 9. The van der Waals surface area contributed by atoms with Crippen molar-refractivity contribution in [1.29, 1.82) is 0 Å². The third-order valence-corrected chi connectivity index (χ3v) is 2.89. The molecule has 0 saturated heterocycles. The summed E-state index contributed by atoms with van der Waals surface area (Å²) in [5.41, 5.74) is 6.48. The second-order valence-electron chi connectivity index (χ2n) is 4.56. The molecule has 2 nitrogen and oxygen atoms in total. The number of allylic oxidation sites excluding steroid dienone is 2. The number of hydrogen-bond acceptors (Lipinski definition) is 1.